The molecule has 0 bridgehead atoms. The Labute approximate surface area is 188 Å². The van der Waals surface area contributed by atoms with Gasteiger partial charge in [0.25, 0.3) is 0 Å². The van der Waals surface area contributed by atoms with Crippen molar-refractivity contribution in [2.45, 2.75) is 37.1 Å². The third-order valence-electron chi connectivity index (χ3n) is 5.53. The van der Waals surface area contributed by atoms with Gasteiger partial charge in [0.2, 0.25) is 21.8 Å². The largest absolute Gasteiger partial charge is 0.494 e. The molecule has 0 aliphatic carbocycles. The number of nitrogens with zero attached hydrogens (tertiary/aromatic N) is 1. The second-order valence-electron chi connectivity index (χ2n) is 7.77. The molecule has 0 aromatic heterocycles. The molecule has 1 fully saturated rings. The second kappa shape index (κ2) is 10.6. The lowest BCUT2D eigenvalue weighted by Crippen LogP contribution is -2.52. The lowest BCUT2D eigenvalue weighted by Gasteiger charge is -2.33. The van der Waals surface area contributed by atoms with Crippen LogP contribution in [0.5, 0.6) is 5.75 Å². The molecule has 8 nitrogen and oxygen atoms in total. The zero-order valence-electron chi connectivity index (χ0n) is 18.1. The number of hydrogen-bond acceptors (Lipinski definition) is 5. The molecule has 3 rings (SSSR count). The summed E-state index contributed by atoms with van der Waals surface area (Å²) < 4.78 is 34.1. The first kappa shape index (κ1) is 23.7. The first-order valence-corrected chi connectivity index (χ1v) is 12.2. The van der Waals surface area contributed by atoms with E-state index in [0.29, 0.717) is 38.3 Å². The normalized spacial score (nSPS) is 15.8. The zero-order chi connectivity index (χ0) is 23.1. The van der Waals surface area contributed by atoms with E-state index < -0.39 is 16.1 Å². The summed E-state index contributed by atoms with van der Waals surface area (Å²) in [5.74, 6) is -0.367. The maximum absolute atomic E-state index is 13.3. The highest BCUT2D eigenvalue weighted by Crippen LogP contribution is 2.20. The molecule has 1 saturated heterocycles. The van der Waals surface area contributed by atoms with Crippen LogP contribution in [0, 0.1) is 5.92 Å². The van der Waals surface area contributed by atoms with Gasteiger partial charge in [-0.25, -0.2) is 8.42 Å². The minimum Gasteiger partial charge on any atom is -0.494 e. The lowest BCUT2D eigenvalue weighted by atomic mass is 9.95. The van der Waals surface area contributed by atoms with Gasteiger partial charge >= 0.3 is 0 Å². The number of primary amides is 1. The molecule has 0 saturated carbocycles. The smallest absolute Gasteiger partial charge is 0.241 e. The molecule has 32 heavy (non-hydrogen) atoms. The number of benzene rings is 2. The summed E-state index contributed by atoms with van der Waals surface area (Å²) in [6.07, 6.45) is 1.17. The van der Waals surface area contributed by atoms with Gasteiger partial charge in [-0.15, -0.1) is 0 Å². The third kappa shape index (κ3) is 6.08. The molecule has 172 valence electrons. The Balaban J connectivity index is 1.79. The van der Waals surface area contributed by atoms with Crippen LogP contribution in [-0.2, 0) is 26.0 Å². The quantitative estimate of drug-likeness (QED) is 0.592. The van der Waals surface area contributed by atoms with Gasteiger partial charge in [0, 0.05) is 19.0 Å². The summed E-state index contributed by atoms with van der Waals surface area (Å²) in [5.41, 5.74) is 6.22. The molecule has 3 N–H and O–H groups in total. The fourth-order valence-corrected chi connectivity index (χ4v) is 4.96. The predicted molar refractivity (Wildman–Crippen MR) is 120 cm³/mol. The van der Waals surface area contributed by atoms with E-state index in [4.69, 9.17) is 10.5 Å². The van der Waals surface area contributed by atoms with Crippen molar-refractivity contribution < 1.29 is 22.7 Å². The van der Waals surface area contributed by atoms with Crippen LogP contribution in [0.1, 0.15) is 25.3 Å². The first-order chi connectivity index (χ1) is 15.3. The van der Waals surface area contributed by atoms with Gasteiger partial charge < -0.3 is 15.4 Å². The highest BCUT2D eigenvalue weighted by Gasteiger charge is 2.32. The highest BCUT2D eigenvalue weighted by atomic mass is 32.2. The van der Waals surface area contributed by atoms with Crippen molar-refractivity contribution in [1.82, 2.24) is 9.62 Å². The summed E-state index contributed by atoms with van der Waals surface area (Å²) in [4.78, 5) is 26.4. The number of hydrogen-bond donors (Lipinski definition) is 2. The van der Waals surface area contributed by atoms with Crippen LogP contribution in [0.15, 0.2) is 59.5 Å². The number of likely N-dealkylation sites (tertiary alicyclic amines) is 1. The van der Waals surface area contributed by atoms with Crippen LogP contribution >= 0.6 is 0 Å². The van der Waals surface area contributed by atoms with E-state index in [1.807, 2.05) is 37.3 Å². The zero-order valence-corrected chi connectivity index (χ0v) is 18.9. The third-order valence-corrected chi connectivity index (χ3v) is 7.02. The Morgan fingerprint density at radius 2 is 1.72 bits per heavy atom. The Kier molecular flexibility index (Phi) is 7.87. The number of piperidine rings is 1. The number of sulfonamides is 1. The molecule has 0 spiro atoms. The number of nitrogens with one attached hydrogen (secondary N) is 1. The van der Waals surface area contributed by atoms with E-state index in [1.54, 1.807) is 17.0 Å². The summed E-state index contributed by atoms with van der Waals surface area (Å²) >= 11 is 0. The van der Waals surface area contributed by atoms with Crippen LogP contribution in [0.25, 0.3) is 0 Å². The van der Waals surface area contributed by atoms with Crippen LogP contribution in [0.3, 0.4) is 0 Å². The van der Waals surface area contributed by atoms with Crippen molar-refractivity contribution in [3.63, 3.8) is 0 Å². The number of ether oxygens (including phenoxy) is 1. The average molecular weight is 460 g/mol. The van der Waals surface area contributed by atoms with E-state index in [1.165, 1.54) is 12.1 Å². The van der Waals surface area contributed by atoms with E-state index in [9.17, 15) is 18.0 Å². The Bertz CT molecular complexity index is 1020. The summed E-state index contributed by atoms with van der Waals surface area (Å²) in [5, 5.41) is 0. The number of amides is 2. The lowest BCUT2D eigenvalue weighted by molar-refractivity contribution is -0.136. The van der Waals surface area contributed by atoms with Crippen molar-refractivity contribution in [2.24, 2.45) is 11.7 Å². The van der Waals surface area contributed by atoms with E-state index in [2.05, 4.69) is 4.72 Å². The fourth-order valence-electron chi connectivity index (χ4n) is 3.77. The molecule has 1 atom stereocenters. The first-order valence-electron chi connectivity index (χ1n) is 10.7. The van der Waals surface area contributed by atoms with Crippen molar-refractivity contribution in [3.8, 4) is 5.75 Å². The van der Waals surface area contributed by atoms with Gasteiger partial charge in [0.1, 0.15) is 11.8 Å². The monoisotopic (exact) mass is 459 g/mol. The second-order valence-corrected chi connectivity index (χ2v) is 9.48. The Morgan fingerprint density at radius 3 is 2.28 bits per heavy atom. The van der Waals surface area contributed by atoms with Gasteiger partial charge in [0.15, 0.2) is 0 Å². The van der Waals surface area contributed by atoms with Crippen LogP contribution < -0.4 is 15.2 Å². The summed E-state index contributed by atoms with van der Waals surface area (Å²) in [6, 6.07) is 14.4. The predicted octanol–water partition coefficient (Wildman–Crippen LogP) is 1.70. The molecule has 9 heteroatoms. The molecule has 2 amide bonds. The summed E-state index contributed by atoms with van der Waals surface area (Å²) in [6.45, 7) is 3.05. The van der Waals surface area contributed by atoms with Gasteiger partial charge in [-0.2, -0.15) is 4.72 Å². The van der Waals surface area contributed by atoms with E-state index in [0.717, 1.165) is 5.56 Å². The Hall–Kier alpha value is -2.91. The standard InChI is InChI=1S/C23H29N3O5S/c1-2-31-19-8-10-20(11-9-19)32(29,30)25-21(16-17-6-4-3-5-7-17)23(28)26-14-12-18(13-15-26)22(24)27/h3-11,18,21,25H,2,12-16H2,1H3,(H2,24,27). The number of carbonyl (C=O) groups excluding carboxylic acids is 2. The Morgan fingerprint density at radius 1 is 1.09 bits per heavy atom. The van der Waals surface area contributed by atoms with Crippen LogP contribution in [0.4, 0.5) is 0 Å². The van der Waals surface area contributed by atoms with E-state index in [-0.39, 0.29) is 29.0 Å². The molecule has 2 aromatic carbocycles. The van der Waals surface area contributed by atoms with Crippen molar-refractivity contribution in [3.05, 3.63) is 60.2 Å². The number of nitrogens with two attached hydrogens (primary N) is 1. The van der Waals surface area contributed by atoms with Crippen molar-refractivity contribution in [1.29, 1.82) is 0 Å². The molecule has 0 radical (unpaired) electrons. The summed E-state index contributed by atoms with van der Waals surface area (Å²) in [7, 11) is -3.95. The van der Waals surface area contributed by atoms with Gasteiger partial charge in [0.05, 0.1) is 11.5 Å². The molecular weight excluding hydrogens is 430 g/mol. The van der Waals surface area contributed by atoms with Gasteiger partial charge in [-0.1, -0.05) is 30.3 Å². The van der Waals surface area contributed by atoms with Gasteiger partial charge in [-0.3, -0.25) is 9.59 Å². The van der Waals surface area contributed by atoms with Gasteiger partial charge in [-0.05, 0) is 56.0 Å². The van der Waals surface area contributed by atoms with Crippen molar-refractivity contribution in [2.75, 3.05) is 19.7 Å². The molecule has 2 aromatic rings. The molecule has 1 aliphatic heterocycles. The molecule has 1 heterocycles. The fraction of sp³-hybridized carbons (Fsp3) is 0.391. The van der Waals surface area contributed by atoms with Crippen molar-refractivity contribution >= 4 is 21.8 Å². The average Bonchev–Trinajstić information content (AvgIpc) is 2.79. The van der Waals surface area contributed by atoms with Crippen LogP contribution in [0.2, 0.25) is 0 Å². The van der Waals surface area contributed by atoms with E-state index >= 15 is 0 Å². The minimum absolute atomic E-state index is 0.0549. The number of carbonyl (C=O) groups is 2. The minimum atomic E-state index is -3.95. The molecule has 1 aliphatic rings. The highest BCUT2D eigenvalue weighted by molar-refractivity contribution is 7.89. The van der Waals surface area contributed by atoms with Crippen LogP contribution in [-0.4, -0.2) is 50.9 Å². The molecule has 1 unspecified atom stereocenters. The molecular formula is C23H29N3O5S. The number of rotatable bonds is 9. The maximum Gasteiger partial charge on any atom is 0.241 e. The SMILES string of the molecule is CCOc1ccc(S(=O)(=O)NC(Cc2ccccc2)C(=O)N2CCC(C(N)=O)CC2)cc1. The maximum atomic E-state index is 13.3. The topological polar surface area (TPSA) is 119 Å².